The third kappa shape index (κ3) is 5.69. The van der Waals surface area contributed by atoms with Crippen LogP contribution < -0.4 is 0 Å². The number of ether oxygens (including phenoxy) is 2. The van der Waals surface area contributed by atoms with E-state index < -0.39 is 25.7 Å². The van der Waals surface area contributed by atoms with Crippen LogP contribution in [0, 0.1) is 5.41 Å². The van der Waals surface area contributed by atoms with Crippen molar-refractivity contribution in [2.75, 3.05) is 14.2 Å². The second-order valence-corrected chi connectivity index (χ2v) is 13.6. The first-order chi connectivity index (χ1) is 13.0. The normalized spacial score (nSPS) is 12.2. The number of methoxy groups -OCH3 is 2. The van der Waals surface area contributed by atoms with Crippen molar-refractivity contribution in [2.45, 2.75) is 83.8 Å². The van der Waals surface area contributed by atoms with Crippen molar-refractivity contribution in [3.05, 3.63) is 12.3 Å². The molecule has 0 amide bonds. The van der Waals surface area contributed by atoms with Gasteiger partial charge in [0.2, 0.25) is 0 Å². The average molecular weight is 415 g/mol. The molecule has 0 saturated heterocycles. The molecule has 0 N–H and O–H groups in total. The van der Waals surface area contributed by atoms with Gasteiger partial charge >= 0.3 is 11.9 Å². The van der Waals surface area contributed by atoms with Crippen LogP contribution in [0.15, 0.2) is 12.3 Å². The summed E-state index contributed by atoms with van der Waals surface area (Å²) in [5.41, 5.74) is -0.394. The third-order valence-corrected chi connectivity index (χ3v) is 11.8. The molecule has 0 heterocycles. The number of hydrogen-bond donors (Lipinski definition) is 0. The van der Waals surface area contributed by atoms with Gasteiger partial charge < -0.3 is 18.7 Å². The highest BCUT2D eigenvalue weighted by Crippen LogP contribution is 2.44. The minimum absolute atomic E-state index is 0.0320. The molecular formula is C21H38O6Si. The van der Waals surface area contributed by atoms with E-state index in [1.807, 2.05) is 0 Å². The summed E-state index contributed by atoms with van der Waals surface area (Å²) in [4.78, 5) is 35.8. The topological polar surface area (TPSA) is 78.9 Å². The SMILES string of the molecule is C=C(CCC(CCC=O)(C(=O)OC)C(=O)OC)O[Si](C(C)C)(C(C)C)C(C)C. The molecule has 6 nitrogen and oxygen atoms in total. The van der Waals surface area contributed by atoms with Crippen LogP contribution in [0.2, 0.25) is 16.6 Å². The predicted molar refractivity (Wildman–Crippen MR) is 112 cm³/mol. The summed E-state index contributed by atoms with van der Waals surface area (Å²) in [6, 6.07) is 0. The fourth-order valence-electron chi connectivity index (χ4n) is 4.32. The molecule has 162 valence electrons. The van der Waals surface area contributed by atoms with Crippen molar-refractivity contribution < 1.29 is 28.3 Å². The van der Waals surface area contributed by atoms with Crippen LogP contribution in [-0.2, 0) is 28.3 Å². The van der Waals surface area contributed by atoms with Crippen molar-refractivity contribution in [3.63, 3.8) is 0 Å². The fourth-order valence-corrected chi connectivity index (χ4v) is 9.63. The second kappa shape index (κ2) is 11.4. The summed E-state index contributed by atoms with van der Waals surface area (Å²) in [6.07, 6.45) is 1.20. The first kappa shape index (κ1) is 26.4. The van der Waals surface area contributed by atoms with Gasteiger partial charge in [0, 0.05) is 12.8 Å². The maximum absolute atomic E-state index is 12.5. The zero-order valence-electron chi connectivity index (χ0n) is 18.8. The number of carbonyl (C=O) groups is 3. The highest BCUT2D eigenvalue weighted by Gasteiger charge is 2.49. The van der Waals surface area contributed by atoms with E-state index in [9.17, 15) is 14.4 Å². The molecule has 0 aromatic rings. The molecule has 0 fully saturated rings. The van der Waals surface area contributed by atoms with E-state index in [2.05, 4.69) is 48.1 Å². The zero-order chi connectivity index (χ0) is 22.1. The molecule has 0 saturated carbocycles. The number of carbonyl (C=O) groups excluding carboxylic acids is 3. The predicted octanol–water partition coefficient (Wildman–Crippen LogP) is 4.78. The van der Waals surface area contributed by atoms with E-state index >= 15 is 0 Å². The quantitative estimate of drug-likeness (QED) is 0.142. The van der Waals surface area contributed by atoms with E-state index in [1.165, 1.54) is 14.2 Å². The second-order valence-electron chi connectivity index (χ2n) is 8.23. The number of rotatable bonds is 13. The summed E-state index contributed by atoms with van der Waals surface area (Å²) in [5, 5.41) is 0. The van der Waals surface area contributed by atoms with Crippen molar-refractivity contribution in [1.82, 2.24) is 0 Å². The molecule has 0 aliphatic rings. The van der Waals surface area contributed by atoms with Gasteiger partial charge in [-0.05, 0) is 29.5 Å². The Morgan fingerprint density at radius 3 is 1.68 bits per heavy atom. The van der Waals surface area contributed by atoms with Gasteiger partial charge in [0.15, 0.2) is 5.41 Å². The lowest BCUT2D eigenvalue weighted by molar-refractivity contribution is -0.170. The first-order valence-corrected chi connectivity index (χ1v) is 12.1. The van der Waals surface area contributed by atoms with Gasteiger partial charge in [-0.3, -0.25) is 9.59 Å². The lowest BCUT2D eigenvalue weighted by Crippen LogP contribution is -2.47. The molecule has 0 rings (SSSR count). The summed E-state index contributed by atoms with van der Waals surface area (Å²) < 4.78 is 16.3. The minimum atomic E-state index is -2.17. The number of hydrogen-bond acceptors (Lipinski definition) is 6. The number of aldehydes is 1. The van der Waals surface area contributed by atoms with E-state index in [0.717, 1.165) is 0 Å². The van der Waals surface area contributed by atoms with Gasteiger partial charge in [0.1, 0.15) is 6.29 Å². The summed E-state index contributed by atoms with van der Waals surface area (Å²) in [7, 11) is 0.274. The van der Waals surface area contributed by atoms with Gasteiger partial charge in [-0.2, -0.15) is 0 Å². The maximum Gasteiger partial charge on any atom is 0.323 e. The van der Waals surface area contributed by atoms with Crippen LogP contribution in [0.3, 0.4) is 0 Å². The summed E-state index contributed by atoms with van der Waals surface area (Å²) in [6.45, 7) is 17.1. The van der Waals surface area contributed by atoms with Crippen LogP contribution in [-0.4, -0.2) is 40.8 Å². The molecule has 0 aliphatic heterocycles. The van der Waals surface area contributed by atoms with Crippen LogP contribution in [0.4, 0.5) is 0 Å². The van der Waals surface area contributed by atoms with E-state index in [0.29, 0.717) is 35.1 Å². The maximum atomic E-state index is 12.5. The molecular weight excluding hydrogens is 376 g/mol. The molecule has 0 bridgehead atoms. The van der Waals surface area contributed by atoms with Gasteiger partial charge in [-0.15, -0.1) is 0 Å². The van der Waals surface area contributed by atoms with Crippen LogP contribution in [0.5, 0.6) is 0 Å². The van der Waals surface area contributed by atoms with E-state index in [1.54, 1.807) is 0 Å². The van der Waals surface area contributed by atoms with Crippen molar-refractivity contribution >= 4 is 26.5 Å². The Kier molecular flexibility index (Phi) is 10.7. The van der Waals surface area contributed by atoms with Gasteiger partial charge in [-0.25, -0.2) is 0 Å². The molecule has 0 aliphatic carbocycles. The van der Waals surface area contributed by atoms with Crippen LogP contribution in [0.25, 0.3) is 0 Å². The molecule has 0 atom stereocenters. The lowest BCUT2D eigenvalue weighted by atomic mass is 9.78. The highest BCUT2D eigenvalue weighted by atomic mass is 28.4. The van der Waals surface area contributed by atoms with Gasteiger partial charge in [-0.1, -0.05) is 48.1 Å². The summed E-state index contributed by atoms with van der Waals surface area (Å²) >= 11 is 0. The highest BCUT2D eigenvalue weighted by molar-refractivity contribution is 6.77. The van der Waals surface area contributed by atoms with Crippen molar-refractivity contribution in [1.29, 1.82) is 0 Å². The van der Waals surface area contributed by atoms with Gasteiger partial charge in [0.25, 0.3) is 8.32 Å². The zero-order valence-corrected chi connectivity index (χ0v) is 19.8. The third-order valence-electron chi connectivity index (χ3n) is 5.70. The monoisotopic (exact) mass is 414 g/mol. The van der Waals surface area contributed by atoms with Crippen LogP contribution in [0.1, 0.15) is 67.2 Å². The average Bonchev–Trinajstić information content (AvgIpc) is 2.64. The van der Waals surface area contributed by atoms with E-state index in [4.69, 9.17) is 13.9 Å². The Hall–Kier alpha value is -1.63. The Morgan fingerprint density at radius 2 is 1.36 bits per heavy atom. The molecule has 0 aromatic heterocycles. The molecule has 7 heteroatoms. The van der Waals surface area contributed by atoms with Crippen LogP contribution >= 0.6 is 0 Å². The molecule has 0 aromatic carbocycles. The number of allylic oxidation sites excluding steroid dienone is 1. The molecule has 0 spiro atoms. The van der Waals surface area contributed by atoms with Crippen molar-refractivity contribution in [3.8, 4) is 0 Å². The smallest absolute Gasteiger partial charge is 0.323 e. The van der Waals surface area contributed by atoms with Gasteiger partial charge in [0.05, 0.1) is 20.0 Å². The largest absolute Gasteiger partial charge is 0.546 e. The Labute approximate surface area is 171 Å². The number of esters is 2. The molecule has 0 unspecified atom stereocenters. The summed E-state index contributed by atoms with van der Waals surface area (Å²) in [5.74, 6) is -0.839. The van der Waals surface area contributed by atoms with E-state index in [-0.39, 0.29) is 19.3 Å². The minimum Gasteiger partial charge on any atom is -0.546 e. The Bertz CT molecular complexity index is 515. The molecule has 28 heavy (non-hydrogen) atoms. The Balaban J connectivity index is 5.65. The Morgan fingerprint density at radius 1 is 0.929 bits per heavy atom. The lowest BCUT2D eigenvalue weighted by Gasteiger charge is -2.43. The first-order valence-electron chi connectivity index (χ1n) is 9.93. The van der Waals surface area contributed by atoms with Crippen molar-refractivity contribution in [2.24, 2.45) is 5.41 Å². The molecule has 0 radical (unpaired) electrons. The fraction of sp³-hybridized carbons (Fsp3) is 0.762. The standard InChI is InChI=1S/C21H38O6Si/c1-15(2)28(16(3)4,17(5)6)27-18(7)11-13-21(12-10-14-22,19(23)25-8)20(24)26-9/h14-17H,7,10-13H2,1-6,8-9H3.